The van der Waals surface area contributed by atoms with E-state index in [0.29, 0.717) is 18.9 Å². The fourth-order valence-electron chi connectivity index (χ4n) is 2.65. The van der Waals surface area contributed by atoms with Crippen LogP contribution in [0, 0.1) is 23.1 Å². The maximum Gasteiger partial charge on any atom is 0.123 e. The molecule has 2 N–H and O–H groups in total. The molecule has 0 saturated heterocycles. The van der Waals surface area contributed by atoms with Crippen molar-refractivity contribution in [3.8, 4) is 6.07 Å². The molecule has 1 aromatic carbocycles. The first kappa shape index (κ1) is 17.6. The highest BCUT2D eigenvalue weighted by Crippen LogP contribution is 2.27. The van der Waals surface area contributed by atoms with Crippen molar-refractivity contribution in [3.63, 3.8) is 0 Å². The average Bonchev–Trinajstić information content (AvgIpc) is 2.44. The summed E-state index contributed by atoms with van der Waals surface area (Å²) in [5.41, 5.74) is 7.19. The Kier molecular flexibility index (Phi) is 7.35. The van der Waals surface area contributed by atoms with Gasteiger partial charge in [-0.1, -0.05) is 32.9 Å². The molecule has 0 aliphatic heterocycles. The highest BCUT2D eigenvalue weighted by molar-refractivity contribution is 5.22. The van der Waals surface area contributed by atoms with Crippen molar-refractivity contribution in [2.75, 3.05) is 13.1 Å². The Morgan fingerprint density at radius 1 is 1.38 bits per heavy atom. The summed E-state index contributed by atoms with van der Waals surface area (Å²) in [6.07, 6.45) is 1.26. The van der Waals surface area contributed by atoms with Crippen molar-refractivity contribution < 1.29 is 4.39 Å². The summed E-state index contributed by atoms with van der Waals surface area (Å²) in [5, 5.41) is 8.87. The summed E-state index contributed by atoms with van der Waals surface area (Å²) in [7, 11) is 0. The summed E-state index contributed by atoms with van der Waals surface area (Å²) >= 11 is 0. The Bertz CT molecular complexity index is 467. The standard InChI is InChI=1S/C17H26FN3/c1-4-16(20)17(14-7-5-8-15(18)11-14)21(10-6-9-19)12-13(2)3/h5,7-8,11,13,16-17H,4,6,10,12,20H2,1-3H3. The van der Waals surface area contributed by atoms with Gasteiger partial charge >= 0.3 is 0 Å². The van der Waals surface area contributed by atoms with E-state index in [9.17, 15) is 4.39 Å². The molecule has 0 fully saturated rings. The molecule has 0 saturated carbocycles. The van der Waals surface area contributed by atoms with Crippen LogP contribution in [0.15, 0.2) is 24.3 Å². The van der Waals surface area contributed by atoms with Gasteiger partial charge in [0.25, 0.3) is 0 Å². The van der Waals surface area contributed by atoms with Crippen LogP contribution in [0.1, 0.15) is 45.2 Å². The maximum atomic E-state index is 13.6. The summed E-state index contributed by atoms with van der Waals surface area (Å²) in [6, 6.07) is 8.70. The van der Waals surface area contributed by atoms with Gasteiger partial charge in [-0.05, 0) is 30.0 Å². The van der Waals surface area contributed by atoms with Crippen LogP contribution in [0.2, 0.25) is 0 Å². The molecule has 0 amide bonds. The second kappa shape index (κ2) is 8.76. The van der Waals surface area contributed by atoms with E-state index in [1.54, 1.807) is 12.1 Å². The van der Waals surface area contributed by atoms with Crippen LogP contribution < -0.4 is 5.73 Å². The van der Waals surface area contributed by atoms with Gasteiger partial charge in [-0.2, -0.15) is 5.26 Å². The van der Waals surface area contributed by atoms with Gasteiger partial charge < -0.3 is 5.73 Å². The smallest absolute Gasteiger partial charge is 0.123 e. The van der Waals surface area contributed by atoms with E-state index in [2.05, 4.69) is 24.8 Å². The van der Waals surface area contributed by atoms with Crippen LogP contribution in [0.3, 0.4) is 0 Å². The molecule has 1 aromatic rings. The Morgan fingerprint density at radius 2 is 2.10 bits per heavy atom. The Labute approximate surface area is 127 Å². The van der Waals surface area contributed by atoms with Crippen LogP contribution in [0.5, 0.6) is 0 Å². The maximum absolute atomic E-state index is 13.6. The zero-order valence-corrected chi connectivity index (χ0v) is 13.2. The zero-order chi connectivity index (χ0) is 15.8. The van der Waals surface area contributed by atoms with Gasteiger partial charge in [0.1, 0.15) is 5.82 Å². The molecule has 21 heavy (non-hydrogen) atoms. The lowest BCUT2D eigenvalue weighted by molar-refractivity contribution is 0.154. The number of benzene rings is 1. The topological polar surface area (TPSA) is 53.0 Å². The van der Waals surface area contributed by atoms with E-state index < -0.39 is 0 Å². The number of rotatable bonds is 8. The second-order valence-electron chi connectivity index (χ2n) is 5.87. The number of hydrogen-bond acceptors (Lipinski definition) is 3. The van der Waals surface area contributed by atoms with Gasteiger partial charge in [-0.15, -0.1) is 0 Å². The highest BCUT2D eigenvalue weighted by atomic mass is 19.1. The fraction of sp³-hybridized carbons (Fsp3) is 0.588. The van der Waals surface area contributed by atoms with Gasteiger partial charge in [0.05, 0.1) is 12.1 Å². The van der Waals surface area contributed by atoms with Crippen molar-refractivity contribution in [3.05, 3.63) is 35.6 Å². The first-order valence-electron chi connectivity index (χ1n) is 7.61. The van der Waals surface area contributed by atoms with Gasteiger partial charge in [-0.3, -0.25) is 4.90 Å². The molecule has 3 nitrogen and oxygen atoms in total. The van der Waals surface area contributed by atoms with Crippen molar-refractivity contribution in [1.82, 2.24) is 4.90 Å². The summed E-state index contributed by atoms with van der Waals surface area (Å²) < 4.78 is 13.6. The third-order valence-corrected chi connectivity index (χ3v) is 3.57. The summed E-state index contributed by atoms with van der Waals surface area (Å²) in [4.78, 5) is 2.22. The quantitative estimate of drug-likeness (QED) is 0.798. The van der Waals surface area contributed by atoms with E-state index >= 15 is 0 Å². The minimum atomic E-state index is -0.245. The van der Waals surface area contributed by atoms with E-state index in [1.807, 2.05) is 13.0 Å². The molecule has 0 aromatic heterocycles. The molecular weight excluding hydrogens is 265 g/mol. The largest absolute Gasteiger partial charge is 0.326 e. The molecule has 0 aliphatic rings. The monoisotopic (exact) mass is 291 g/mol. The molecule has 0 radical (unpaired) electrons. The number of nitrogens with zero attached hydrogens (tertiary/aromatic N) is 2. The average molecular weight is 291 g/mol. The first-order valence-corrected chi connectivity index (χ1v) is 7.61. The molecule has 0 bridgehead atoms. The van der Waals surface area contributed by atoms with Crippen LogP contribution in [-0.4, -0.2) is 24.0 Å². The lowest BCUT2D eigenvalue weighted by atomic mass is 9.95. The van der Waals surface area contributed by atoms with E-state index in [-0.39, 0.29) is 17.9 Å². The molecule has 116 valence electrons. The van der Waals surface area contributed by atoms with Gasteiger partial charge in [0.15, 0.2) is 0 Å². The summed E-state index contributed by atoms with van der Waals surface area (Å²) in [5.74, 6) is 0.217. The lowest BCUT2D eigenvalue weighted by Crippen LogP contribution is -2.43. The molecule has 0 aliphatic carbocycles. The van der Waals surface area contributed by atoms with Crippen LogP contribution in [0.4, 0.5) is 4.39 Å². The van der Waals surface area contributed by atoms with E-state index in [4.69, 9.17) is 11.0 Å². The zero-order valence-electron chi connectivity index (χ0n) is 13.2. The number of nitrogens with two attached hydrogens (primary N) is 1. The Hall–Kier alpha value is -1.44. The molecule has 4 heteroatoms. The van der Waals surface area contributed by atoms with Gasteiger partial charge in [0, 0.05) is 25.6 Å². The van der Waals surface area contributed by atoms with E-state index in [1.165, 1.54) is 6.07 Å². The third-order valence-electron chi connectivity index (χ3n) is 3.57. The van der Waals surface area contributed by atoms with Crippen molar-refractivity contribution >= 4 is 0 Å². The van der Waals surface area contributed by atoms with Crippen molar-refractivity contribution in [2.45, 2.75) is 45.7 Å². The third kappa shape index (κ3) is 5.45. The number of halogens is 1. The molecule has 0 heterocycles. The highest BCUT2D eigenvalue weighted by Gasteiger charge is 2.26. The molecule has 2 atom stereocenters. The number of hydrogen-bond donors (Lipinski definition) is 1. The number of nitriles is 1. The van der Waals surface area contributed by atoms with Crippen LogP contribution in [-0.2, 0) is 0 Å². The first-order chi connectivity index (χ1) is 9.99. The van der Waals surface area contributed by atoms with Crippen LogP contribution >= 0.6 is 0 Å². The van der Waals surface area contributed by atoms with Crippen molar-refractivity contribution in [2.24, 2.45) is 11.7 Å². The van der Waals surface area contributed by atoms with Gasteiger partial charge in [-0.25, -0.2) is 4.39 Å². The normalized spacial score (nSPS) is 14.2. The SMILES string of the molecule is CCC(N)C(c1cccc(F)c1)N(CCC#N)CC(C)C. The molecule has 0 spiro atoms. The molecule has 1 rings (SSSR count). The molecule has 2 unspecified atom stereocenters. The van der Waals surface area contributed by atoms with E-state index in [0.717, 1.165) is 18.5 Å². The van der Waals surface area contributed by atoms with Crippen molar-refractivity contribution in [1.29, 1.82) is 5.26 Å². The predicted molar refractivity (Wildman–Crippen MR) is 84.0 cm³/mol. The minimum Gasteiger partial charge on any atom is -0.326 e. The lowest BCUT2D eigenvalue weighted by Gasteiger charge is -2.36. The fourth-order valence-corrected chi connectivity index (χ4v) is 2.65. The molecular formula is C17H26FN3. The second-order valence-corrected chi connectivity index (χ2v) is 5.87. The Balaban J connectivity index is 3.10. The minimum absolute atomic E-state index is 0.0542. The predicted octanol–water partition coefficient (Wildman–Crippen LogP) is 3.48. The van der Waals surface area contributed by atoms with Crippen LogP contribution in [0.25, 0.3) is 0 Å². The Morgan fingerprint density at radius 3 is 2.62 bits per heavy atom. The summed E-state index contributed by atoms with van der Waals surface area (Å²) in [6.45, 7) is 7.81. The van der Waals surface area contributed by atoms with Gasteiger partial charge in [0.2, 0.25) is 0 Å².